The Balaban J connectivity index is 1.11. The molecule has 1 atom stereocenters. The van der Waals surface area contributed by atoms with E-state index in [2.05, 4.69) is 146 Å². The smallest absolute Gasteiger partial charge is 0.151 e. The molecule has 0 bridgehead atoms. The number of benzene rings is 5. The summed E-state index contributed by atoms with van der Waals surface area (Å²) in [6.45, 7) is 4.79. The van der Waals surface area contributed by atoms with Crippen molar-refractivity contribution in [2.24, 2.45) is 0 Å². The largest absolute Gasteiger partial charge is 0.453 e. The molecule has 5 aromatic carbocycles. The summed E-state index contributed by atoms with van der Waals surface area (Å²) in [6, 6.07) is 55.1. The van der Waals surface area contributed by atoms with Gasteiger partial charge in [-0.3, -0.25) is 19.9 Å². The van der Waals surface area contributed by atoms with Crippen molar-refractivity contribution in [1.29, 1.82) is 0 Å². The Morgan fingerprint density at radius 2 is 0.902 bits per heavy atom. The van der Waals surface area contributed by atoms with Gasteiger partial charge in [-0.15, -0.1) is 0 Å². The van der Waals surface area contributed by atoms with Crippen LogP contribution >= 0.6 is 0 Å². The van der Waals surface area contributed by atoms with E-state index in [0.29, 0.717) is 0 Å². The monoisotopic (exact) mass is 781 g/mol. The summed E-state index contributed by atoms with van der Waals surface area (Å²) in [7, 11) is 0. The van der Waals surface area contributed by atoms with E-state index in [1.165, 1.54) is 55.6 Å². The molecule has 0 N–H and O–H groups in total. The van der Waals surface area contributed by atoms with Crippen LogP contribution in [0.3, 0.4) is 0 Å². The van der Waals surface area contributed by atoms with E-state index in [1.54, 1.807) is 0 Å². The van der Waals surface area contributed by atoms with E-state index >= 15 is 0 Å². The first-order valence-electron chi connectivity index (χ1n) is 21.0. The van der Waals surface area contributed by atoms with Gasteiger partial charge in [0.1, 0.15) is 0 Å². The molecule has 9 aromatic rings. The first kappa shape index (κ1) is 33.2. The van der Waals surface area contributed by atoms with E-state index in [1.807, 2.05) is 49.1 Å². The van der Waals surface area contributed by atoms with Gasteiger partial charge in [-0.05, 0) is 116 Å². The predicted molar refractivity (Wildman–Crippen MR) is 238 cm³/mol. The highest BCUT2D eigenvalue weighted by atomic mass is 16.5. The van der Waals surface area contributed by atoms with Crippen LogP contribution in [0.25, 0.3) is 33.9 Å². The normalized spacial score (nSPS) is 17.8. The molecule has 4 aromatic heterocycles. The third-order valence-corrected chi connectivity index (χ3v) is 14.3. The van der Waals surface area contributed by atoms with Crippen molar-refractivity contribution in [3.8, 4) is 45.4 Å². The maximum atomic E-state index is 6.47. The Bertz CT molecular complexity index is 3330. The Labute approximate surface area is 352 Å². The van der Waals surface area contributed by atoms with E-state index < -0.39 is 10.8 Å². The molecule has 5 heterocycles. The van der Waals surface area contributed by atoms with Gasteiger partial charge in [-0.25, -0.2) is 0 Å². The van der Waals surface area contributed by atoms with Crippen LogP contribution in [0, 0.1) is 0 Å². The summed E-state index contributed by atoms with van der Waals surface area (Å²) in [5.74, 6) is 1.61. The molecule has 0 saturated carbocycles. The van der Waals surface area contributed by atoms with Crippen LogP contribution in [-0.4, -0.2) is 19.9 Å². The molecular formula is C55H35N5O. The second-order valence-electron chi connectivity index (χ2n) is 17.3. The van der Waals surface area contributed by atoms with Gasteiger partial charge in [0, 0.05) is 29.6 Å². The third-order valence-electron chi connectivity index (χ3n) is 14.3. The average molecular weight is 782 g/mol. The minimum atomic E-state index is -0.733. The molecule has 61 heavy (non-hydrogen) atoms. The highest BCUT2D eigenvalue weighted by molar-refractivity contribution is 5.96. The number of fused-ring (bicyclic) bond motifs is 21. The fourth-order valence-electron chi connectivity index (χ4n) is 12.0. The Morgan fingerprint density at radius 1 is 0.393 bits per heavy atom. The maximum Gasteiger partial charge on any atom is 0.151 e. The van der Waals surface area contributed by atoms with Gasteiger partial charge >= 0.3 is 0 Å². The lowest BCUT2D eigenvalue weighted by molar-refractivity contribution is 0.477. The summed E-state index contributed by atoms with van der Waals surface area (Å²) in [5.41, 5.74) is 19.7. The van der Waals surface area contributed by atoms with Crippen LogP contribution in [0.5, 0.6) is 11.5 Å². The number of rotatable bonds is 1. The first-order valence-corrected chi connectivity index (χ1v) is 21.0. The van der Waals surface area contributed by atoms with Gasteiger partial charge in [0.2, 0.25) is 0 Å². The summed E-state index contributed by atoms with van der Waals surface area (Å²) >= 11 is 0. The number of nitrogens with zero attached hydrogens (tertiary/aromatic N) is 5. The number of anilines is 3. The standard InChI is InChI=1S/C55H35N5O/c1-53(2)36-16-5-6-17-37(36)55(40-20-13-27-58-51(40)52-44(55)28-32(31-59-52)60-45-21-7-9-23-47(45)61-48-24-10-8-22-46(48)60)43-29-34-33-14-3-4-15-35(33)54(41(34)30-42(43)53)38-18-11-25-56-49(38)50-39(54)19-12-26-57-50/h3-31H,1-2H3. The zero-order chi connectivity index (χ0) is 40.2. The number of para-hydroxylation sites is 4. The Hall–Kier alpha value is -7.70. The molecule has 14 rings (SSSR count). The second-order valence-corrected chi connectivity index (χ2v) is 17.3. The molecule has 5 aliphatic rings. The highest BCUT2D eigenvalue weighted by Gasteiger charge is 2.58. The molecule has 2 spiro atoms. The van der Waals surface area contributed by atoms with Gasteiger partial charge in [0.05, 0.1) is 56.9 Å². The van der Waals surface area contributed by atoms with Crippen LogP contribution in [0.4, 0.5) is 17.1 Å². The number of hydrogen-bond donors (Lipinski definition) is 0. The van der Waals surface area contributed by atoms with Gasteiger partial charge in [0.25, 0.3) is 0 Å². The van der Waals surface area contributed by atoms with Crippen LogP contribution in [0.1, 0.15) is 69.5 Å². The van der Waals surface area contributed by atoms with Crippen molar-refractivity contribution in [2.75, 3.05) is 4.90 Å². The third kappa shape index (κ3) is 3.81. The van der Waals surface area contributed by atoms with Crippen molar-refractivity contribution >= 4 is 17.1 Å². The van der Waals surface area contributed by atoms with Crippen molar-refractivity contribution in [2.45, 2.75) is 30.1 Å². The van der Waals surface area contributed by atoms with Crippen LogP contribution in [0.2, 0.25) is 0 Å². The highest BCUT2D eigenvalue weighted by Crippen LogP contribution is 2.67. The van der Waals surface area contributed by atoms with Gasteiger partial charge in [-0.2, -0.15) is 0 Å². The summed E-state index contributed by atoms with van der Waals surface area (Å²) in [6.07, 6.45) is 7.71. The number of pyridine rings is 4. The first-order chi connectivity index (χ1) is 30.0. The van der Waals surface area contributed by atoms with Crippen molar-refractivity contribution in [3.05, 3.63) is 232 Å². The molecule has 4 aliphatic carbocycles. The van der Waals surface area contributed by atoms with E-state index in [9.17, 15) is 0 Å². The lowest BCUT2D eigenvalue weighted by Crippen LogP contribution is -2.41. The van der Waals surface area contributed by atoms with Gasteiger partial charge < -0.3 is 9.64 Å². The van der Waals surface area contributed by atoms with Crippen molar-refractivity contribution < 1.29 is 4.74 Å². The topological polar surface area (TPSA) is 64.0 Å². The van der Waals surface area contributed by atoms with E-state index in [-0.39, 0.29) is 5.41 Å². The average Bonchev–Trinajstić information content (AvgIpc) is 3.89. The minimum Gasteiger partial charge on any atom is -0.453 e. The van der Waals surface area contributed by atoms with E-state index in [4.69, 9.17) is 24.7 Å². The number of aromatic nitrogens is 4. The predicted octanol–water partition coefficient (Wildman–Crippen LogP) is 12.2. The quantitative estimate of drug-likeness (QED) is 0.165. The van der Waals surface area contributed by atoms with Crippen LogP contribution < -0.4 is 9.64 Å². The molecular weight excluding hydrogens is 747 g/mol. The lowest BCUT2D eigenvalue weighted by Gasteiger charge is -2.47. The zero-order valence-electron chi connectivity index (χ0n) is 33.4. The Morgan fingerprint density at radius 3 is 1.54 bits per heavy atom. The van der Waals surface area contributed by atoms with Crippen LogP contribution in [-0.2, 0) is 16.2 Å². The maximum absolute atomic E-state index is 6.47. The fraction of sp³-hybridized carbons (Fsp3) is 0.0909. The molecule has 0 saturated heterocycles. The Kier molecular flexibility index (Phi) is 6.15. The van der Waals surface area contributed by atoms with E-state index in [0.717, 1.165) is 62.5 Å². The molecule has 6 nitrogen and oxygen atoms in total. The van der Waals surface area contributed by atoms with Gasteiger partial charge in [0.15, 0.2) is 11.5 Å². The molecule has 0 amide bonds. The zero-order valence-corrected chi connectivity index (χ0v) is 33.4. The molecule has 0 fully saturated rings. The summed E-state index contributed by atoms with van der Waals surface area (Å²) in [5, 5.41) is 0. The minimum absolute atomic E-state index is 0.367. The molecule has 0 radical (unpaired) electrons. The number of hydrogen-bond acceptors (Lipinski definition) is 6. The van der Waals surface area contributed by atoms with Gasteiger partial charge in [-0.1, -0.05) is 111 Å². The molecule has 286 valence electrons. The van der Waals surface area contributed by atoms with Crippen molar-refractivity contribution in [3.63, 3.8) is 0 Å². The summed E-state index contributed by atoms with van der Waals surface area (Å²) in [4.78, 5) is 22.9. The molecule has 6 heteroatoms. The molecule has 1 unspecified atom stereocenters. The molecule has 1 aliphatic heterocycles. The summed E-state index contributed by atoms with van der Waals surface area (Å²) < 4.78 is 6.47. The number of ether oxygens (including phenoxy) is 1. The van der Waals surface area contributed by atoms with Crippen molar-refractivity contribution in [1.82, 2.24) is 19.9 Å². The fourth-order valence-corrected chi connectivity index (χ4v) is 12.0. The lowest BCUT2D eigenvalue weighted by atomic mass is 9.55. The second kappa shape index (κ2) is 11.3. The SMILES string of the molecule is CC1(C)c2ccccc2C2(c3cc4c(cc31)C1(c3ccccc3-4)c3cccnc3-c3ncccc31)c1cccnc1-c1ncc(N3c4ccccc4Oc4ccccc43)cc12. The van der Waals surface area contributed by atoms with Crippen LogP contribution in [0.15, 0.2) is 176 Å².